The molecule has 0 saturated carbocycles. The van der Waals surface area contributed by atoms with Gasteiger partial charge < -0.3 is 25.8 Å². The van der Waals surface area contributed by atoms with Gasteiger partial charge in [-0.05, 0) is 12.1 Å². The predicted molar refractivity (Wildman–Crippen MR) is 130 cm³/mol. The number of hydrogen-bond acceptors (Lipinski definition) is 10. The number of carbonyl (C=O) groups is 3. The number of nitrogens with zero attached hydrogens (tertiary/aromatic N) is 5. The number of carboxylic acid groups (broad SMARTS) is 1. The van der Waals surface area contributed by atoms with E-state index in [1.54, 1.807) is 0 Å². The quantitative estimate of drug-likeness (QED) is 0.171. The van der Waals surface area contributed by atoms with Crippen LogP contribution in [-0.2, 0) is 25.8 Å². The number of carbonyl (C=O) groups excluding carboxylic acids is 3. The first-order valence-electron chi connectivity index (χ1n) is 10.5. The zero-order chi connectivity index (χ0) is 25.6. The largest absolute Gasteiger partial charge is 0.543 e. The fraction of sp³-hybridized carbons (Fsp3) is 0.238. The Bertz CT molecular complexity index is 1430. The summed E-state index contributed by atoms with van der Waals surface area (Å²) in [5.74, 6) is -2.46. The van der Waals surface area contributed by atoms with Crippen LogP contribution in [0.25, 0.3) is 5.52 Å². The Kier molecular flexibility index (Phi) is 6.32. The van der Waals surface area contributed by atoms with Gasteiger partial charge in [0.05, 0.1) is 17.9 Å². The number of nitrogen functional groups attached to an aromatic ring is 1. The minimum absolute atomic E-state index is 0.0213. The summed E-state index contributed by atoms with van der Waals surface area (Å²) in [5.41, 5.74) is 6.71. The Hall–Kier alpha value is -3.62. The molecule has 0 unspecified atom stereocenters. The molecule has 3 aromatic rings. The maximum absolute atomic E-state index is 13.0. The number of carboxylic acids is 1. The lowest BCUT2D eigenvalue weighted by molar-refractivity contribution is -0.687. The van der Waals surface area contributed by atoms with Gasteiger partial charge in [0.1, 0.15) is 41.3 Å². The van der Waals surface area contributed by atoms with Gasteiger partial charge in [-0.3, -0.25) is 14.5 Å². The van der Waals surface area contributed by atoms with Crippen molar-refractivity contribution < 1.29 is 28.9 Å². The average Bonchev–Trinajstić information content (AvgIpc) is 3.41. The number of rotatable bonds is 7. The number of anilines is 1. The number of aromatic nitrogens is 3. The number of pyridine rings is 1. The van der Waals surface area contributed by atoms with Crippen molar-refractivity contribution in [3.8, 4) is 0 Å². The van der Waals surface area contributed by atoms with Gasteiger partial charge in [-0.15, -0.1) is 11.8 Å². The summed E-state index contributed by atoms with van der Waals surface area (Å²) in [7, 11) is 1.24. The van der Waals surface area contributed by atoms with Gasteiger partial charge in [0.25, 0.3) is 11.8 Å². The number of amides is 2. The van der Waals surface area contributed by atoms with E-state index in [4.69, 9.17) is 22.2 Å². The summed E-state index contributed by atoms with van der Waals surface area (Å²) >= 11 is 8.40. The first-order chi connectivity index (χ1) is 17.3. The monoisotopic (exact) mass is 547 g/mol. The van der Waals surface area contributed by atoms with Crippen LogP contribution in [0.3, 0.4) is 0 Å². The molecule has 1 saturated heterocycles. The molecule has 0 aromatic carbocycles. The highest BCUT2D eigenvalue weighted by molar-refractivity contribution is 8.00. The number of nitrogens with two attached hydrogens (primary N) is 1. The van der Waals surface area contributed by atoms with Crippen molar-refractivity contribution in [1.82, 2.24) is 19.6 Å². The molecule has 0 spiro atoms. The molecule has 3 N–H and O–H groups in total. The van der Waals surface area contributed by atoms with Crippen LogP contribution in [0.1, 0.15) is 5.69 Å². The molecule has 2 amide bonds. The molecule has 1 fully saturated rings. The summed E-state index contributed by atoms with van der Waals surface area (Å²) < 4.78 is 3.88. The van der Waals surface area contributed by atoms with E-state index in [-0.39, 0.29) is 33.1 Å². The molecule has 36 heavy (non-hydrogen) atoms. The molecule has 5 rings (SSSR count). The topological polar surface area (TPSA) is 158 Å². The highest BCUT2D eigenvalue weighted by Gasteiger charge is 2.53. The van der Waals surface area contributed by atoms with Crippen molar-refractivity contribution in [2.45, 2.75) is 18.0 Å². The lowest BCUT2D eigenvalue weighted by atomic mass is 10.0. The Morgan fingerprint density at radius 3 is 2.92 bits per heavy atom. The number of hydrogen-bond donors (Lipinski definition) is 2. The lowest BCUT2D eigenvalue weighted by Gasteiger charge is -2.50. The molecular weight excluding hydrogens is 530 g/mol. The fourth-order valence-corrected chi connectivity index (χ4v) is 6.37. The minimum atomic E-state index is -1.45. The van der Waals surface area contributed by atoms with E-state index < -0.39 is 29.2 Å². The molecule has 2 atom stereocenters. The molecule has 3 aromatic heterocycles. The maximum Gasteiger partial charge on any atom is 0.276 e. The number of thioether (sulfide) groups is 1. The van der Waals surface area contributed by atoms with Crippen LogP contribution in [0.5, 0.6) is 0 Å². The molecule has 2 aliphatic rings. The molecule has 12 nitrogen and oxygen atoms in total. The molecule has 0 aliphatic carbocycles. The molecule has 5 heterocycles. The Labute approximate surface area is 217 Å². The summed E-state index contributed by atoms with van der Waals surface area (Å²) in [6, 6.07) is 4.73. The molecule has 0 bridgehead atoms. The van der Waals surface area contributed by atoms with Crippen molar-refractivity contribution >= 4 is 68.8 Å². The van der Waals surface area contributed by atoms with Crippen LogP contribution in [0.15, 0.2) is 53.3 Å². The molecule has 0 radical (unpaired) electrons. The van der Waals surface area contributed by atoms with Crippen LogP contribution in [0, 0.1) is 0 Å². The van der Waals surface area contributed by atoms with Gasteiger partial charge in [-0.1, -0.05) is 34.2 Å². The van der Waals surface area contributed by atoms with Crippen LogP contribution < -0.4 is 20.7 Å². The summed E-state index contributed by atoms with van der Waals surface area (Å²) in [5, 5.41) is 17.8. The van der Waals surface area contributed by atoms with Crippen molar-refractivity contribution in [2.24, 2.45) is 5.16 Å². The zero-order valence-electron chi connectivity index (χ0n) is 18.6. The number of halogens is 1. The average molecular weight is 548 g/mol. The maximum atomic E-state index is 13.0. The van der Waals surface area contributed by atoms with Gasteiger partial charge in [0.15, 0.2) is 16.4 Å². The highest BCUT2D eigenvalue weighted by atomic mass is 35.5. The predicted octanol–water partition coefficient (Wildman–Crippen LogP) is -0.626. The second-order valence-electron chi connectivity index (χ2n) is 7.85. The van der Waals surface area contributed by atoms with E-state index in [2.05, 4.69) is 15.5 Å². The molecule has 15 heteroatoms. The molecular formula is C21H18ClN7O5S2. The van der Waals surface area contributed by atoms with Crippen LogP contribution in [0.4, 0.5) is 5.13 Å². The number of thiazole rings is 1. The van der Waals surface area contributed by atoms with Crippen molar-refractivity contribution in [3.63, 3.8) is 0 Å². The highest BCUT2D eigenvalue weighted by Crippen LogP contribution is 2.40. The lowest BCUT2D eigenvalue weighted by Crippen LogP contribution is -2.71. The third kappa shape index (κ3) is 4.16. The van der Waals surface area contributed by atoms with Gasteiger partial charge >= 0.3 is 0 Å². The number of imidazole rings is 1. The van der Waals surface area contributed by atoms with Crippen molar-refractivity contribution in [1.29, 1.82) is 0 Å². The third-order valence-corrected chi connectivity index (χ3v) is 8.04. The SMILES string of the molecule is CO/N=C(/C(=O)N[C@H]1C(=O)N2C(C(=O)[O-])=C(C[n+]3cc4ccccn4c3)CS[C@@H]12)c1nc(N)sc1Cl. The number of fused-ring (bicyclic) bond motifs is 2. The van der Waals surface area contributed by atoms with E-state index in [9.17, 15) is 19.5 Å². The number of nitrogens with one attached hydrogen (secondary N) is 1. The Morgan fingerprint density at radius 2 is 2.25 bits per heavy atom. The minimum Gasteiger partial charge on any atom is -0.543 e. The zero-order valence-corrected chi connectivity index (χ0v) is 21.0. The van der Waals surface area contributed by atoms with Crippen molar-refractivity contribution in [3.05, 3.63) is 58.2 Å². The summed E-state index contributed by atoms with van der Waals surface area (Å²) in [6.07, 6.45) is 5.59. The first kappa shape index (κ1) is 24.1. The van der Waals surface area contributed by atoms with Gasteiger partial charge in [-0.25, -0.2) is 14.0 Å². The van der Waals surface area contributed by atoms with Gasteiger partial charge in [-0.2, -0.15) is 0 Å². The Balaban J connectivity index is 1.36. The second-order valence-corrected chi connectivity index (χ2v) is 10.6. The summed E-state index contributed by atoms with van der Waals surface area (Å²) in [4.78, 5) is 47.9. The Morgan fingerprint density at radius 1 is 1.44 bits per heavy atom. The van der Waals surface area contributed by atoms with Crippen LogP contribution >= 0.6 is 34.7 Å². The standard InChI is InChI=1S/C21H18ClN7O5S2/c1-34-26-13(12-16(22)36-21(23)25-12)17(30)24-14-18(31)29-15(20(32)33)10(8-35-19(14)29)6-27-7-11-4-2-3-5-28(11)9-27/h2-5,7,9,14,19H,6,8H2,1H3,(H3-,23,24,25,30,32,33)/b26-13+/t14-,19-/m0/s1. The first-order valence-corrected chi connectivity index (χ1v) is 12.7. The van der Waals surface area contributed by atoms with E-state index in [0.29, 0.717) is 11.3 Å². The van der Waals surface area contributed by atoms with Crippen LogP contribution in [0.2, 0.25) is 4.34 Å². The second kappa shape index (κ2) is 9.44. The van der Waals surface area contributed by atoms with E-state index in [1.165, 1.54) is 18.9 Å². The third-order valence-electron chi connectivity index (χ3n) is 5.62. The smallest absolute Gasteiger partial charge is 0.276 e. The van der Waals surface area contributed by atoms with E-state index in [1.807, 2.05) is 45.9 Å². The van der Waals surface area contributed by atoms with E-state index >= 15 is 0 Å². The van der Waals surface area contributed by atoms with Crippen LogP contribution in [-0.4, -0.2) is 62.1 Å². The molecule has 186 valence electrons. The van der Waals surface area contributed by atoms with Gasteiger partial charge in [0, 0.05) is 11.3 Å². The van der Waals surface area contributed by atoms with Crippen molar-refractivity contribution in [2.75, 3.05) is 18.6 Å². The van der Waals surface area contributed by atoms with E-state index in [0.717, 1.165) is 21.8 Å². The number of β-lactam (4-membered cyclic amide) rings is 1. The molecule has 2 aliphatic heterocycles. The normalized spacial score (nSPS) is 19.8. The number of aliphatic carboxylic acids is 1. The summed E-state index contributed by atoms with van der Waals surface area (Å²) in [6.45, 7) is 0.264. The van der Waals surface area contributed by atoms with Gasteiger partial charge in [0.2, 0.25) is 6.33 Å². The number of oxime groups is 1. The fourth-order valence-electron chi connectivity index (χ4n) is 4.10.